The Morgan fingerprint density at radius 1 is 1.24 bits per heavy atom. The molecule has 0 aromatic heterocycles. The van der Waals surface area contributed by atoms with Crippen LogP contribution in [-0.2, 0) is 0 Å². The molecule has 2 nitrogen and oxygen atoms in total. The minimum absolute atomic E-state index is 0.395. The monoisotopic (exact) mass is 258 g/mol. The SMILES string of the molecule is CC1CN(CC(CN)CC(C)(C)C)CC(C)S1. The zero-order valence-electron chi connectivity index (χ0n) is 12.2. The fraction of sp³-hybridized carbons (Fsp3) is 1.00. The van der Waals surface area contributed by atoms with Gasteiger partial charge < -0.3 is 10.6 Å². The van der Waals surface area contributed by atoms with Crippen LogP contribution in [0, 0.1) is 11.3 Å². The predicted octanol–water partition coefficient (Wildman–Crippen LogP) is 2.82. The van der Waals surface area contributed by atoms with E-state index in [4.69, 9.17) is 5.73 Å². The smallest absolute Gasteiger partial charge is 0.0149 e. The van der Waals surface area contributed by atoms with E-state index in [2.05, 4.69) is 51.3 Å². The maximum atomic E-state index is 5.93. The molecule has 0 bridgehead atoms. The van der Waals surface area contributed by atoms with Gasteiger partial charge in [0, 0.05) is 30.1 Å². The highest BCUT2D eigenvalue weighted by molar-refractivity contribution is 8.00. The summed E-state index contributed by atoms with van der Waals surface area (Å²) in [5.74, 6) is 0.650. The van der Waals surface area contributed by atoms with Crippen molar-refractivity contribution in [2.45, 2.75) is 51.5 Å². The first-order valence-corrected chi connectivity index (χ1v) is 7.82. The van der Waals surface area contributed by atoms with Crippen molar-refractivity contribution in [3.05, 3.63) is 0 Å². The van der Waals surface area contributed by atoms with Crippen LogP contribution in [0.25, 0.3) is 0 Å². The molecule has 0 aromatic carbocycles. The lowest BCUT2D eigenvalue weighted by Crippen LogP contribution is -2.44. The summed E-state index contributed by atoms with van der Waals surface area (Å²) < 4.78 is 0. The molecule has 102 valence electrons. The fourth-order valence-electron chi connectivity index (χ4n) is 2.89. The van der Waals surface area contributed by atoms with E-state index in [1.54, 1.807) is 0 Å². The summed E-state index contributed by atoms with van der Waals surface area (Å²) >= 11 is 2.12. The summed E-state index contributed by atoms with van der Waals surface area (Å²) in [7, 11) is 0. The van der Waals surface area contributed by atoms with Gasteiger partial charge in [0.1, 0.15) is 0 Å². The van der Waals surface area contributed by atoms with Gasteiger partial charge >= 0.3 is 0 Å². The third-order valence-electron chi connectivity index (χ3n) is 3.25. The second-order valence-corrected chi connectivity index (χ2v) is 8.72. The molecule has 3 unspecified atom stereocenters. The third-order valence-corrected chi connectivity index (χ3v) is 4.47. The van der Waals surface area contributed by atoms with Gasteiger partial charge in [0.25, 0.3) is 0 Å². The Labute approximate surface area is 112 Å². The molecule has 1 fully saturated rings. The van der Waals surface area contributed by atoms with E-state index in [9.17, 15) is 0 Å². The van der Waals surface area contributed by atoms with Gasteiger partial charge in [0.05, 0.1) is 0 Å². The predicted molar refractivity (Wildman–Crippen MR) is 79.6 cm³/mol. The van der Waals surface area contributed by atoms with Crippen LogP contribution >= 0.6 is 11.8 Å². The first-order valence-electron chi connectivity index (χ1n) is 6.88. The molecular formula is C14H30N2S. The topological polar surface area (TPSA) is 29.3 Å². The Hall–Kier alpha value is 0.270. The Balaban J connectivity index is 2.44. The quantitative estimate of drug-likeness (QED) is 0.841. The van der Waals surface area contributed by atoms with Crippen molar-refractivity contribution < 1.29 is 0 Å². The van der Waals surface area contributed by atoms with Crippen LogP contribution in [0.3, 0.4) is 0 Å². The van der Waals surface area contributed by atoms with Crippen molar-refractivity contribution in [2.24, 2.45) is 17.1 Å². The molecule has 3 atom stereocenters. The largest absolute Gasteiger partial charge is 0.330 e. The summed E-state index contributed by atoms with van der Waals surface area (Å²) in [5.41, 5.74) is 6.33. The van der Waals surface area contributed by atoms with Crippen molar-refractivity contribution in [3.8, 4) is 0 Å². The molecule has 2 N–H and O–H groups in total. The molecule has 0 aromatic rings. The van der Waals surface area contributed by atoms with Gasteiger partial charge in [-0.3, -0.25) is 0 Å². The Bertz CT molecular complexity index is 215. The molecule has 0 aliphatic carbocycles. The van der Waals surface area contributed by atoms with Gasteiger partial charge in [0.2, 0.25) is 0 Å². The second kappa shape index (κ2) is 6.44. The molecule has 1 saturated heterocycles. The molecule has 1 aliphatic heterocycles. The Morgan fingerprint density at radius 3 is 2.18 bits per heavy atom. The van der Waals surface area contributed by atoms with Crippen molar-refractivity contribution >= 4 is 11.8 Å². The molecule has 0 spiro atoms. The summed E-state index contributed by atoms with van der Waals surface area (Å²) in [5, 5.41) is 1.54. The van der Waals surface area contributed by atoms with Crippen LogP contribution in [-0.4, -0.2) is 41.6 Å². The van der Waals surface area contributed by atoms with Gasteiger partial charge in [0.15, 0.2) is 0 Å². The average Bonchev–Trinajstić information content (AvgIpc) is 2.12. The first kappa shape index (κ1) is 15.3. The zero-order chi connectivity index (χ0) is 13.1. The van der Waals surface area contributed by atoms with E-state index in [1.807, 2.05) is 0 Å². The molecule has 1 heterocycles. The normalized spacial score (nSPS) is 29.3. The highest BCUT2D eigenvalue weighted by atomic mass is 32.2. The van der Waals surface area contributed by atoms with E-state index < -0.39 is 0 Å². The van der Waals surface area contributed by atoms with Crippen molar-refractivity contribution in [3.63, 3.8) is 0 Å². The van der Waals surface area contributed by atoms with E-state index in [0.717, 1.165) is 17.0 Å². The number of nitrogens with two attached hydrogens (primary N) is 1. The molecule has 1 rings (SSSR count). The van der Waals surface area contributed by atoms with Gasteiger partial charge in [-0.2, -0.15) is 11.8 Å². The van der Waals surface area contributed by atoms with Crippen molar-refractivity contribution in [2.75, 3.05) is 26.2 Å². The van der Waals surface area contributed by atoms with Gasteiger partial charge in [-0.15, -0.1) is 0 Å². The van der Waals surface area contributed by atoms with Gasteiger partial charge in [-0.25, -0.2) is 0 Å². The lowest BCUT2D eigenvalue weighted by atomic mass is 9.84. The van der Waals surface area contributed by atoms with Crippen LogP contribution in [0.15, 0.2) is 0 Å². The van der Waals surface area contributed by atoms with E-state index in [-0.39, 0.29) is 0 Å². The molecule has 3 heteroatoms. The van der Waals surface area contributed by atoms with Crippen molar-refractivity contribution in [1.82, 2.24) is 4.90 Å². The standard InChI is InChI=1S/C14H30N2S/c1-11-8-16(9-12(2)17-11)10-13(7-15)6-14(3,4)5/h11-13H,6-10,15H2,1-5H3. The third kappa shape index (κ3) is 6.12. The first-order chi connectivity index (χ1) is 7.80. The lowest BCUT2D eigenvalue weighted by Gasteiger charge is -2.37. The summed E-state index contributed by atoms with van der Waals surface area (Å²) in [6.07, 6.45) is 1.23. The van der Waals surface area contributed by atoms with Crippen LogP contribution in [0.4, 0.5) is 0 Å². The highest BCUT2D eigenvalue weighted by Gasteiger charge is 2.25. The van der Waals surface area contributed by atoms with Gasteiger partial charge in [-0.1, -0.05) is 34.6 Å². The highest BCUT2D eigenvalue weighted by Crippen LogP contribution is 2.28. The number of hydrogen-bond acceptors (Lipinski definition) is 3. The maximum absolute atomic E-state index is 5.93. The second-order valence-electron chi connectivity index (χ2n) is 6.84. The minimum atomic E-state index is 0.395. The molecule has 0 amide bonds. The average molecular weight is 258 g/mol. The van der Waals surface area contributed by atoms with Crippen LogP contribution in [0.1, 0.15) is 41.0 Å². The van der Waals surface area contributed by atoms with Crippen molar-refractivity contribution in [1.29, 1.82) is 0 Å². The van der Waals surface area contributed by atoms with E-state index in [1.165, 1.54) is 26.1 Å². The lowest BCUT2D eigenvalue weighted by molar-refractivity contribution is 0.192. The Morgan fingerprint density at radius 2 is 1.76 bits per heavy atom. The molecular weight excluding hydrogens is 228 g/mol. The molecule has 1 aliphatic rings. The number of nitrogens with zero attached hydrogens (tertiary/aromatic N) is 1. The number of thioether (sulfide) groups is 1. The van der Waals surface area contributed by atoms with E-state index >= 15 is 0 Å². The zero-order valence-corrected chi connectivity index (χ0v) is 13.0. The Kier molecular flexibility index (Phi) is 5.81. The molecule has 0 radical (unpaired) electrons. The number of rotatable bonds is 4. The van der Waals surface area contributed by atoms with Gasteiger partial charge in [-0.05, 0) is 24.3 Å². The molecule has 17 heavy (non-hydrogen) atoms. The summed E-state index contributed by atoms with van der Waals surface area (Å²) in [6.45, 7) is 16.1. The number of hydrogen-bond donors (Lipinski definition) is 1. The van der Waals surface area contributed by atoms with Crippen LogP contribution in [0.2, 0.25) is 0 Å². The van der Waals surface area contributed by atoms with E-state index in [0.29, 0.717) is 11.3 Å². The maximum Gasteiger partial charge on any atom is 0.0149 e. The fourth-order valence-corrected chi connectivity index (χ4v) is 4.27. The van der Waals surface area contributed by atoms with Crippen LogP contribution < -0.4 is 5.73 Å². The summed E-state index contributed by atoms with van der Waals surface area (Å²) in [4.78, 5) is 2.62. The van der Waals surface area contributed by atoms with Crippen LogP contribution in [0.5, 0.6) is 0 Å². The minimum Gasteiger partial charge on any atom is -0.330 e. The summed E-state index contributed by atoms with van der Waals surface area (Å²) in [6, 6.07) is 0. The molecule has 0 saturated carbocycles.